The molecule has 0 aliphatic heterocycles. The molecule has 0 amide bonds. The van der Waals surface area contributed by atoms with Gasteiger partial charge in [-0.05, 0) is 19.1 Å². The largest absolute Gasteiger partial charge is 0.378 e. The van der Waals surface area contributed by atoms with Gasteiger partial charge in [0.05, 0.1) is 17.8 Å². The highest BCUT2D eigenvalue weighted by Gasteiger charge is 2.16. The number of hydrogen-bond acceptors (Lipinski definition) is 4. The van der Waals surface area contributed by atoms with Gasteiger partial charge in [-0.2, -0.15) is 5.10 Å². The van der Waals surface area contributed by atoms with Gasteiger partial charge in [0.15, 0.2) is 14.3 Å². The van der Waals surface area contributed by atoms with Crippen LogP contribution in [0.5, 0.6) is 0 Å². The zero-order valence-electron chi connectivity index (χ0n) is 12.6. The molecular weight excluding hydrogens is 285 g/mol. The number of ether oxygens (including phenoxy) is 1. The van der Waals surface area contributed by atoms with Crippen molar-refractivity contribution in [1.29, 1.82) is 0 Å². The fraction of sp³-hybridized carbons (Fsp3) is 0.400. The lowest BCUT2D eigenvalue weighted by Gasteiger charge is -2.21. The molecule has 0 saturated carbocycles. The summed E-state index contributed by atoms with van der Waals surface area (Å²) in [7, 11) is 3.81. The van der Waals surface area contributed by atoms with E-state index >= 15 is 0 Å². The second-order valence-corrected chi connectivity index (χ2v) is 5.53. The first-order valence-corrected chi connectivity index (χ1v) is 7.77. The molecule has 1 atom stereocenters. The number of aromatic nitrogens is 2. The fourth-order valence-corrected chi connectivity index (χ4v) is 2.78. The van der Waals surface area contributed by atoms with E-state index in [1.807, 2.05) is 67.1 Å². The quantitative estimate of drug-likeness (QED) is 0.737. The lowest BCUT2D eigenvalue weighted by atomic mass is 10.3. The Labute approximate surface area is 126 Å². The minimum absolute atomic E-state index is 0.0328. The molecule has 112 valence electrons. The van der Waals surface area contributed by atoms with E-state index < -0.39 is 5.85 Å². The molecule has 0 aliphatic carbocycles. The van der Waals surface area contributed by atoms with Gasteiger partial charge in [0.1, 0.15) is 0 Å². The van der Waals surface area contributed by atoms with Crippen LogP contribution in [0.4, 0.5) is 0 Å². The summed E-state index contributed by atoms with van der Waals surface area (Å²) < 4.78 is 18.6. The Morgan fingerprint density at radius 3 is 2.86 bits per heavy atom. The average molecular weight is 305 g/mol. The topological polar surface area (TPSA) is 47.4 Å². The third-order valence-electron chi connectivity index (χ3n) is 3.14. The molecule has 6 heteroatoms. The summed E-state index contributed by atoms with van der Waals surface area (Å²) in [5.74, 6) is -0.435. The molecule has 0 spiro atoms. The molecule has 0 radical (unpaired) electrons. The summed E-state index contributed by atoms with van der Waals surface area (Å²) >= 11 is 0. The van der Waals surface area contributed by atoms with Gasteiger partial charge >= 0.3 is 0 Å². The highest BCUT2D eigenvalue weighted by atomic mass is 31.1. The summed E-state index contributed by atoms with van der Waals surface area (Å²) in [4.78, 5) is 1.93. The van der Waals surface area contributed by atoms with Crippen LogP contribution in [-0.2, 0) is 15.8 Å². The highest BCUT2D eigenvalue weighted by Crippen LogP contribution is 2.20. The van der Waals surface area contributed by atoms with Gasteiger partial charge in [0.25, 0.3) is 0 Å². The fourth-order valence-electron chi connectivity index (χ4n) is 2.13. The molecule has 21 heavy (non-hydrogen) atoms. The number of fused-ring (bicyclic) bond motifs is 1. The van der Waals surface area contributed by atoms with E-state index in [9.17, 15) is 4.57 Å². The van der Waals surface area contributed by atoms with Crippen molar-refractivity contribution in [2.45, 2.75) is 19.3 Å². The molecule has 1 aromatic heterocycles. The SMILES string of the molecule is CCOC(P=O)C(=CCn1cc2ccccc2n1)N(C)C. The maximum atomic E-state index is 11.3. The third-order valence-corrected chi connectivity index (χ3v) is 3.74. The summed E-state index contributed by atoms with van der Waals surface area (Å²) in [6, 6.07) is 8.00. The van der Waals surface area contributed by atoms with Crippen LogP contribution in [0.1, 0.15) is 6.92 Å². The van der Waals surface area contributed by atoms with E-state index in [0.29, 0.717) is 13.2 Å². The van der Waals surface area contributed by atoms with Crippen LogP contribution in [0.25, 0.3) is 10.9 Å². The first kappa shape index (κ1) is 15.7. The zero-order valence-corrected chi connectivity index (χ0v) is 13.5. The number of likely N-dealkylation sites (N-methyl/N-ethyl adjacent to an activating group) is 1. The Balaban J connectivity index is 2.20. The van der Waals surface area contributed by atoms with E-state index in [-0.39, 0.29) is 8.46 Å². The normalized spacial score (nSPS) is 13.8. The van der Waals surface area contributed by atoms with Crippen LogP contribution in [0.2, 0.25) is 0 Å². The molecule has 1 heterocycles. The van der Waals surface area contributed by atoms with E-state index in [1.165, 1.54) is 0 Å². The van der Waals surface area contributed by atoms with Crippen LogP contribution in [-0.4, -0.2) is 41.2 Å². The van der Waals surface area contributed by atoms with Crippen LogP contribution in [0.3, 0.4) is 0 Å². The summed E-state index contributed by atoms with van der Waals surface area (Å²) in [6.07, 6.45) is 4.00. The molecule has 0 saturated heterocycles. The maximum absolute atomic E-state index is 11.3. The molecule has 1 aromatic carbocycles. The van der Waals surface area contributed by atoms with Gasteiger partial charge in [0, 0.05) is 32.3 Å². The molecule has 0 aliphatic rings. The Bertz CT molecular complexity index is 604. The Kier molecular flexibility index (Phi) is 5.48. The first-order chi connectivity index (χ1) is 10.2. The smallest absolute Gasteiger partial charge is 0.194 e. The van der Waals surface area contributed by atoms with Crippen LogP contribution >= 0.6 is 8.46 Å². The van der Waals surface area contributed by atoms with Crippen LogP contribution in [0.15, 0.2) is 42.2 Å². The second kappa shape index (κ2) is 7.34. The van der Waals surface area contributed by atoms with Gasteiger partial charge in [-0.25, -0.2) is 0 Å². The molecule has 0 fully saturated rings. The Morgan fingerprint density at radius 2 is 2.24 bits per heavy atom. The molecule has 0 N–H and O–H groups in total. The molecule has 5 nitrogen and oxygen atoms in total. The Morgan fingerprint density at radius 1 is 1.48 bits per heavy atom. The van der Waals surface area contributed by atoms with Gasteiger partial charge < -0.3 is 9.64 Å². The first-order valence-electron chi connectivity index (χ1n) is 6.89. The standard InChI is InChI=1S/C15H20N3O2P/c1-4-20-15(21-19)14(17(2)3)9-10-18-11-12-7-5-6-8-13(12)16-18/h5-9,11,15H,4,10H2,1-3H3. The molecule has 1 unspecified atom stereocenters. The van der Waals surface area contributed by atoms with Crippen LogP contribution < -0.4 is 0 Å². The minimum atomic E-state index is -0.435. The number of rotatable bonds is 7. The number of allylic oxidation sites excluding steroid dienone is 1. The van der Waals surface area contributed by atoms with E-state index in [2.05, 4.69) is 5.10 Å². The summed E-state index contributed by atoms with van der Waals surface area (Å²) in [5.41, 5.74) is 1.86. The molecule has 2 rings (SSSR count). The molecule has 0 bridgehead atoms. The molecule has 2 aromatic rings. The van der Waals surface area contributed by atoms with Gasteiger partial charge in [-0.15, -0.1) is 0 Å². The average Bonchev–Trinajstić information content (AvgIpc) is 2.88. The van der Waals surface area contributed by atoms with Crippen molar-refractivity contribution in [1.82, 2.24) is 14.7 Å². The number of hydrogen-bond donors (Lipinski definition) is 0. The van der Waals surface area contributed by atoms with Crippen LogP contribution in [0, 0.1) is 0 Å². The van der Waals surface area contributed by atoms with E-state index in [4.69, 9.17) is 4.74 Å². The predicted octanol–water partition coefficient (Wildman–Crippen LogP) is 3.14. The third kappa shape index (κ3) is 3.90. The van der Waals surface area contributed by atoms with Crippen molar-refractivity contribution in [3.05, 3.63) is 42.2 Å². The second-order valence-electron chi connectivity index (χ2n) is 4.85. The van der Waals surface area contributed by atoms with Crippen molar-refractivity contribution in [3.8, 4) is 0 Å². The van der Waals surface area contributed by atoms with Crippen molar-refractivity contribution in [3.63, 3.8) is 0 Å². The van der Waals surface area contributed by atoms with Crippen molar-refractivity contribution < 1.29 is 9.30 Å². The van der Waals surface area contributed by atoms with Crippen molar-refractivity contribution >= 4 is 19.4 Å². The van der Waals surface area contributed by atoms with E-state index in [0.717, 1.165) is 16.6 Å². The maximum Gasteiger partial charge on any atom is 0.194 e. The van der Waals surface area contributed by atoms with Crippen molar-refractivity contribution in [2.24, 2.45) is 0 Å². The minimum Gasteiger partial charge on any atom is -0.378 e. The lowest BCUT2D eigenvalue weighted by Crippen LogP contribution is -2.22. The summed E-state index contributed by atoms with van der Waals surface area (Å²) in [5, 5.41) is 5.62. The lowest BCUT2D eigenvalue weighted by molar-refractivity contribution is 0.126. The van der Waals surface area contributed by atoms with E-state index in [1.54, 1.807) is 0 Å². The van der Waals surface area contributed by atoms with Crippen molar-refractivity contribution in [2.75, 3.05) is 20.7 Å². The monoisotopic (exact) mass is 305 g/mol. The van der Waals surface area contributed by atoms with Gasteiger partial charge in [0.2, 0.25) is 0 Å². The number of benzene rings is 1. The Hall–Kier alpha value is -1.71. The molecular formula is C15H20N3O2P. The zero-order chi connectivity index (χ0) is 15.2. The highest BCUT2D eigenvalue weighted by molar-refractivity contribution is 7.24. The number of nitrogens with zero attached hydrogens (tertiary/aromatic N) is 3. The summed E-state index contributed by atoms with van der Waals surface area (Å²) in [6.45, 7) is 3.03. The predicted molar refractivity (Wildman–Crippen MR) is 84.5 cm³/mol. The van der Waals surface area contributed by atoms with Gasteiger partial charge in [-0.1, -0.05) is 18.2 Å². The van der Waals surface area contributed by atoms with Gasteiger partial charge in [-0.3, -0.25) is 9.25 Å².